The Kier molecular flexibility index (Phi) is 10.6. The van der Waals surface area contributed by atoms with E-state index in [4.69, 9.17) is 0 Å². The van der Waals surface area contributed by atoms with Gasteiger partial charge < -0.3 is 0 Å². The largest absolute Gasteiger partial charge is 0.0971 e. The third-order valence-corrected chi connectivity index (χ3v) is 21.6. The van der Waals surface area contributed by atoms with Gasteiger partial charge in [-0.3, -0.25) is 0 Å². The Morgan fingerprint density at radius 3 is 1.29 bits per heavy atom. The van der Waals surface area contributed by atoms with Crippen LogP contribution >= 0.6 is 15.8 Å². The second kappa shape index (κ2) is 13.9. The third kappa shape index (κ3) is 6.28. The molecule has 0 aromatic rings. The first-order valence-corrected chi connectivity index (χ1v) is 21.4. The second-order valence-corrected chi connectivity index (χ2v) is 21.5. The first-order valence-electron chi connectivity index (χ1n) is 18.3. The number of rotatable bonds is 7. The Labute approximate surface area is 240 Å². The maximum absolute atomic E-state index is 2.93. The molecule has 6 saturated carbocycles. The molecule has 0 aromatic heterocycles. The van der Waals surface area contributed by atoms with E-state index in [1.165, 1.54) is 5.66 Å². The predicted octanol–water partition coefficient (Wildman–Crippen LogP) is 12.4. The van der Waals surface area contributed by atoms with Crippen molar-refractivity contribution in [2.24, 2.45) is 11.3 Å². The van der Waals surface area contributed by atoms with Crippen molar-refractivity contribution in [1.82, 2.24) is 0 Å². The summed E-state index contributed by atoms with van der Waals surface area (Å²) in [5.74, 6) is 1.12. The minimum Gasteiger partial charge on any atom is -0.0971 e. The molecule has 0 aliphatic heterocycles. The van der Waals surface area contributed by atoms with Gasteiger partial charge in [0.05, 0.1) is 0 Å². The zero-order valence-corrected chi connectivity index (χ0v) is 27.3. The number of hydrogen-bond donors (Lipinski definition) is 0. The Bertz CT molecular complexity index is 652. The molecule has 6 fully saturated rings. The molecule has 0 bridgehead atoms. The molecule has 0 radical (unpaired) electrons. The van der Waals surface area contributed by atoms with Gasteiger partial charge in [-0.05, 0) is 122 Å². The summed E-state index contributed by atoms with van der Waals surface area (Å²) in [5, 5.41) is 0. The van der Waals surface area contributed by atoms with Crippen molar-refractivity contribution in [1.29, 1.82) is 0 Å². The summed E-state index contributed by atoms with van der Waals surface area (Å²) in [6, 6.07) is 0. The van der Waals surface area contributed by atoms with Gasteiger partial charge in [0.25, 0.3) is 0 Å². The first-order chi connectivity index (χ1) is 18.8. The minimum atomic E-state index is 0.204. The lowest BCUT2D eigenvalue weighted by atomic mass is 9.67. The molecule has 218 valence electrons. The Morgan fingerprint density at radius 2 is 0.842 bits per heavy atom. The maximum Gasteiger partial charge on any atom is -0.0113 e. The van der Waals surface area contributed by atoms with E-state index in [-0.39, 0.29) is 15.8 Å². The molecule has 2 heteroatoms. The van der Waals surface area contributed by atoms with Crippen LogP contribution in [0.25, 0.3) is 0 Å². The zero-order valence-electron chi connectivity index (χ0n) is 25.5. The van der Waals surface area contributed by atoms with Crippen LogP contribution in [0.4, 0.5) is 0 Å². The van der Waals surface area contributed by atoms with Gasteiger partial charge in [-0.1, -0.05) is 119 Å². The van der Waals surface area contributed by atoms with Crippen LogP contribution in [0.2, 0.25) is 0 Å². The van der Waals surface area contributed by atoms with E-state index < -0.39 is 0 Å². The van der Waals surface area contributed by atoms with Gasteiger partial charge in [-0.15, -0.1) is 0 Å². The molecular weight excluding hydrogens is 494 g/mol. The zero-order chi connectivity index (χ0) is 25.8. The fourth-order valence-corrected chi connectivity index (χ4v) is 21.6. The van der Waals surface area contributed by atoms with Crippen LogP contribution < -0.4 is 0 Å². The van der Waals surface area contributed by atoms with Crippen molar-refractivity contribution in [2.45, 2.75) is 214 Å². The highest BCUT2D eigenvalue weighted by atomic mass is 31.1. The molecule has 1 spiro atoms. The molecule has 38 heavy (non-hydrogen) atoms. The fraction of sp³-hybridized carbons (Fsp3) is 1.00. The van der Waals surface area contributed by atoms with Crippen LogP contribution in [-0.2, 0) is 0 Å². The van der Waals surface area contributed by atoms with Gasteiger partial charge in [0.15, 0.2) is 0 Å². The standard InChI is InChI=1S/C36H64P2/c1-29(37(30-17-6-2-7-18-30)31-19-8-3-9-20-31)34-25-16-28-36(26-14-15-27-36)35(34)38(32-21-10-4-11-22-32)33-23-12-5-13-24-33/h29-35H,2-28H2,1H3/t29?,34-,35?/m1/s1. The molecule has 6 rings (SSSR count). The van der Waals surface area contributed by atoms with Crippen molar-refractivity contribution in [3.05, 3.63) is 0 Å². The molecule has 0 nitrogen and oxygen atoms in total. The van der Waals surface area contributed by atoms with Gasteiger partial charge in [-0.25, -0.2) is 0 Å². The quantitative estimate of drug-likeness (QED) is 0.273. The maximum atomic E-state index is 2.93. The molecule has 0 aromatic carbocycles. The summed E-state index contributed by atoms with van der Waals surface area (Å²) in [4.78, 5) is 0. The smallest absolute Gasteiger partial charge is 0.0113 e. The predicted molar refractivity (Wildman–Crippen MR) is 173 cm³/mol. The lowest BCUT2D eigenvalue weighted by Gasteiger charge is -2.58. The monoisotopic (exact) mass is 558 g/mol. The summed E-state index contributed by atoms with van der Waals surface area (Å²) in [6.45, 7) is 2.93. The van der Waals surface area contributed by atoms with Gasteiger partial charge >= 0.3 is 0 Å². The minimum absolute atomic E-state index is 0.204. The number of hydrogen-bond acceptors (Lipinski definition) is 0. The summed E-state index contributed by atoms with van der Waals surface area (Å²) >= 11 is 0. The fourth-order valence-electron chi connectivity index (χ4n) is 11.6. The van der Waals surface area contributed by atoms with E-state index >= 15 is 0 Å². The van der Waals surface area contributed by atoms with E-state index in [0.29, 0.717) is 0 Å². The van der Waals surface area contributed by atoms with Crippen LogP contribution in [0, 0.1) is 11.3 Å². The summed E-state index contributed by atoms with van der Waals surface area (Å²) in [5.41, 5.74) is 7.66. The highest BCUT2D eigenvalue weighted by Gasteiger charge is 2.55. The molecule has 0 amide bonds. The first kappa shape index (κ1) is 29.0. The normalized spacial score (nSPS) is 33.9. The average molecular weight is 559 g/mol. The van der Waals surface area contributed by atoms with E-state index in [1.54, 1.807) is 173 Å². The van der Waals surface area contributed by atoms with Gasteiger partial charge in [0.2, 0.25) is 0 Å². The SMILES string of the molecule is CC([C@H]1CCCC2(CCCC2)C1P(C1CCCCC1)C1CCCCC1)P(C1CCCCC1)C1CCCCC1. The molecule has 0 N–H and O–H groups in total. The Hall–Kier alpha value is 0.860. The molecule has 6 aliphatic rings. The highest BCUT2D eigenvalue weighted by molar-refractivity contribution is 7.61. The molecule has 6 aliphatic carbocycles. The van der Waals surface area contributed by atoms with Crippen molar-refractivity contribution >= 4 is 15.8 Å². The molecule has 0 saturated heterocycles. The van der Waals surface area contributed by atoms with Crippen molar-refractivity contribution in [3.63, 3.8) is 0 Å². The topological polar surface area (TPSA) is 0 Å². The third-order valence-electron chi connectivity index (χ3n) is 13.2. The van der Waals surface area contributed by atoms with Gasteiger partial charge in [-0.2, -0.15) is 0 Å². The second-order valence-electron chi connectivity index (χ2n) is 15.4. The van der Waals surface area contributed by atoms with Gasteiger partial charge in [0.1, 0.15) is 0 Å². The van der Waals surface area contributed by atoms with E-state index in [1.807, 2.05) is 0 Å². The van der Waals surface area contributed by atoms with E-state index in [9.17, 15) is 0 Å². The molecule has 2 unspecified atom stereocenters. The molecule has 0 heterocycles. The summed E-state index contributed by atoms with van der Waals surface area (Å²) < 4.78 is 0. The van der Waals surface area contributed by atoms with Crippen LogP contribution in [0.3, 0.4) is 0 Å². The highest BCUT2D eigenvalue weighted by Crippen LogP contribution is 2.73. The van der Waals surface area contributed by atoms with Crippen LogP contribution in [0.1, 0.15) is 180 Å². The van der Waals surface area contributed by atoms with Gasteiger partial charge in [0, 0.05) is 0 Å². The van der Waals surface area contributed by atoms with Crippen molar-refractivity contribution < 1.29 is 0 Å². The summed E-state index contributed by atoms with van der Waals surface area (Å²) in [6.07, 6.45) is 43.1. The van der Waals surface area contributed by atoms with Crippen LogP contribution in [0.5, 0.6) is 0 Å². The van der Waals surface area contributed by atoms with Crippen molar-refractivity contribution in [3.8, 4) is 0 Å². The van der Waals surface area contributed by atoms with Crippen LogP contribution in [0.15, 0.2) is 0 Å². The van der Waals surface area contributed by atoms with Crippen LogP contribution in [-0.4, -0.2) is 34.0 Å². The van der Waals surface area contributed by atoms with Crippen molar-refractivity contribution in [2.75, 3.05) is 0 Å². The lowest BCUT2D eigenvalue weighted by Crippen LogP contribution is -2.48. The average Bonchev–Trinajstić information content (AvgIpc) is 3.45. The summed E-state index contributed by atoms with van der Waals surface area (Å²) in [7, 11) is 0.416. The lowest BCUT2D eigenvalue weighted by molar-refractivity contribution is 0.149. The Balaban J connectivity index is 1.36. The van der Waals surface area contributed by atoms with E-state index in [2.05, 4.69) is 6.92 Å². The molecule has 3 atom stereocenters. The van der Waals surface area contributed by atoms with E-state index in [0.717, 1.165) is 39.6 Å². The Morgan fingerprint density at radius 1 is 0.447 bits per heavy atom. The molecular formula is C36H64P2.